The largest absolute Gasteiger partial charge is 0.456 e. The van der Waals surface area contributed by atoms with E-state index in [1.54, 1.807) is 11.3 Å². The number of nitrogens with zero attached hydrogens (tertiary/aromatic N) is 3. The van der Waals surface area contributed by atoms with E-state index in [-0.39, 0.29) is 0 Å². The molecule has 0 fully saturated rings. The van der Waals surface area contributed by atoms with Gasteiger partial charge in [0.15, 0.2) is 17.5 Å². The summed E-state index contributed by atoms with van der Waals surface area (Å²) in [6.45, 7) is 0. The molecule has 4 nitrogen and oxygen atoms in total. The maximum absolute atomic E-state index is 6.52. The number of aromatic nitrogens is 3. The fraction of sp³-hybridized carbons (Fsp3) is 0. The highest BCUT2D eigenvalue weighted by molar-refractivity contribution is 7.25. The van der Waals surface area contributed by atoms with Gasteiger partial charge in [-0.2, -0.15) is 0 Å². The molecule has 9 aromatic carbocycles. The van der Waals surface area contributed by atoms with Crippen molar-refractivity contribution in [2.75, 3.05) is 0 Å². The molecule has 0 aliphatic carbocycles. The van der Waals surface area contributed by atoms with Crippen LogP contribution in [0.3, 0.4) is 0 Å². The maximum Gasteiger partial charge on any atom is 0.164 e. The Morgan fingerprint density at radius 2 is 1.03 bits per heavy atom. The summed E-state index contributed by atoms with van der Waals surface area (Å²) in [5.74, 6) is 1.85. The van der Waals surface area contributed by atoms with Gasteiger partial charge < -0.3 is 4.42 Å². The molecule has 0 saturated carbocycles. The van der Waals surface area contributed by atoms with E-state index in [9.17, 15) is 0 Å². The fourth-order valence-corrected chi connectivity index (χ4v) is 9.81. The van der Waals surface area contributed by atoms with Gasteiger partial charge in [-0.15, -0.1) is 11.3 Å². The molecule has 0 atom stereocenters. The monoisotopic (exact) mass is 791 g/mol. The zero-order chi connectivity index (χ0) is 39.0. The van der Waals surface area contributed by atoms with Crippen LogP contribution in [-0.4, -0.2) is 15.0 Å². The Kier molecular flexibility index (Phi) is 7.73. The minimum Gasteiger partial charge on any atom is -0.456 e. The predicted molar refractivity (Wildman–Crippen MR) is 247 cm³/mol. The Bertz CT molecular complexity index is 3640. The summed E-state index contributed by atoms with van der Waals surface area (Å²) in [4.78, 5) is 15.7. The molecular formula is C53H30ClN3OS. The van der Waals surface area contributed by atoms with Crippen molar-refractivity contribution >= 4 is 86.6 Å². The molecule has 0 N–H and O–H groups in total. The van der Waals surface area contributed by atoms with Crippen molar-refractivity contribution in [3.8, 4) is 56.4 Å². The molecule has 59 heavy (non-hydrogen) atoms. The van der Waals surface area contributed by atoms with Crippen LogP contribution in [0.15, 0.2) is 186 Å². The second-order valence-corrected chi connectivity index (χ2v) is 16.4. The first kappa shape index (κ1) is 33.9. The second kappa shape index (κ2) is 13.5. The van der Waals surface area contributed by atoms with Gasteiger partial charge in [0.2, 0.25) is 0 Å². The highest BCUT2D eigenvalue weighted by Crippen LogP contribution is 2.43. The molecule has 0 spiro atoms. The topological polar surface area (TPSA) is 51.8 Å². The molecule has 3 heterocycles. The zero-order valence-corrected chi connectivity index (χ0v) is 32.9. The summed E-state index contributed by atoms with van der Waals surface area (Å²) in [5, 5.41) is 9.70. The molecule has 0 bridgehead atoms. The molecule has 276 valence electrons. The van der Waals surface area contributed by atoms with E-state index in [4.69, 9.17) is 31.0 Å². The van der Waals surface area contributed by atoms with E-state index in [0.29, 0.717) is 22.5 Å². The molecule has 0 amide bonds. The molecule has 12 rings (SSSR count). The SMILES string of the molecule is Clc1ccc2oc3cccc(-c4ccc(-c5nc(-c6ccc(-c7ccc8ccccc8c7)cc6)nc(-c6ccc7sc8ccccc8c7c6)n5)c5ccccc45)c3c2c1. The van der Waals surface area contributed by atoms with Crippen LogP contribution in [0.2, 0.25) is 5.02 Å². The molecule has 0 aliphatic heterocycles. The predicted octanol–water partition coefficient (Wildman–Crippen LogP) is 15.4. The van der Waals surface area contributed by atoms with E-state index in [1.165, 1.54) is 30.9 Å². The van der Waals surface area contributed by atoms with Crippen LogP contribution in [0.4, 0.5) is 0 Å². The second-order valence-electron chi connectivity index (χ2n) is 14.9. The van der Waals surface area contributed by atoms with Crippen LogP contribution < -0.4 is 0 Å². The van der Waals surface area contributed by atoms with Gasteiger partial charge in [0.05, 0.1) is 0 Å². The van der Waals surface area contributed by atoms with Crippen molar-refractivity contribution in [3.05, 3.63) is 187 Å². The first-order chi connectivity index (χ1) is 29.1. The van der Waals surface area contributed by atoms with Gasteiger partial charge in [0.1, 0.15) is 11.2 Å². The van der Waals surface area contributed by atoms with Crippen LogP contribution in [0.5, 0.6) is 0 Å². The summed E-state index contributed by atoms with van der Waals surface area (Å²) < 4.78 is 8.79. The van der Waals surface area contributed by atoms with Gasteiger partial charge >= 0.3 is 0 Å². The quantitative estimate of drug-likeness (QED) is 0.174. The lowest BCUT2D eigenvalue weighted by Crippen LogP contribution is -2.01. The lowest BCUT2D eigenvalue weighted by Gasteiger charge is -2.14. The third kappa shape index (κ3) is 5.70. The zero-order valence-electron chi connectivity index (χ0n) is 31.4. The van der Waals surface area contributed by atoms with E-state index >= 15 is 0 Å². The molecular weight excluding hydrogens is 762 g/mol. The maximum atomic E-state index is 6.52. The highest BCUT2D eigenvalue weighted by Gasteiger charge is 2.19. The molecule has 12 aromatic rings. The number of rotatable bonds is 5. The molecule has 3 aromatic heterocycles. The van der Waals surface area contributed by atoms with Crippen LogP contribution in [0.25, 0.3) is 120 Å². The Morgan fingerprint density at radius 1 is 0.373 bits per heavy atom. The number of halogens is 1. The van der Waals surface area contributed by atoms with Crippen molar-refractivity contribution in [1.29, 1.82) is 0 Å². The van der Waals surface area contributed by atoms with E-state index in [1.807, 2.05) is 30.3 Å². The van der Waals surface area contributed by atoms with Gasteiger partial charge in [-0.05, 0) is 104 Å². The minimum atomic E-state index is 0.611. The number of hydrogen-bond acceptors (Lipinski definition) is 5. The van der Waals surface area contributed by atoms with Crippen LogP contribution in [0.1, 0.15) is 0 Å². The van der Waals surface area contributed by atoms with Gasteiger partial charge in [0.25, 0.3) is 0 Å². The molecule has 0 saturated heterocycles. The van der Waals surface area contributed by atoms with Crippen molar-refractivity contribution in [1.82, 2.24) is 15.0 Å². The number of furan rings is 1. The first-order valence-corrected chi connectivity index (χ1v) is 20.7. The lowest BCUT2D eigenvalue weighted by atomic mass is 9.92. The van der Waals surface area contributed by atoms with Crippen molar-refractivity contribution in [2.24, 2.45) is 0 Å². The summed E-state index contributed by atoms with van der Waals surface area (Å²) in [7, 11) is 0. The average Bonchev–Trinajstić information content (AvgIpc) is 3.86. The van der Waals surface area contributed by atoms with E-state index in [0.717, 1.165) is 71.7 Å². The molecule has 0 aliphatic rings. The summed E-state index contributed by atoms with van der Waals surface area (Å²) in [6.07, 6.45) is 0. The van der Waals surface area contributed by atoms with E-state index < -0.39 is 0 Å². The molecule has 6 heteroatoms. The Balaban J connectivity index is 1.04. The third-order valence-corrected chi connectivity index (χ3v) is 12.8. The van der Waals surface area contributed by atoms with Crippen molar-refractivity contribution in [3.63, 3.8) is 0 Å². The van der Waals surface area contributed by atoms with Crippen LogP contribution >= 0.6 is 22.9 Å². The average molecular weight is 792 g/mol. The number of benzene rings is 9. The van der Waals surface area contributed by atoms with Gasteiger partial charge in [-0.1, -0.05) is 133 Å². The Labute approximate surface area is 347 Å². The normalized spacial score (nSPS) is 11.8. The van der Waals surface area contributed by atoms with Crippen LogP contribution in [0, 0.1) is 0 Å². The molecule has 0 radical (unpaired) electrons. The van der Waals surface area contributed by atoms with Gasteiger partial charge in [-0.25, -0.2) is 15.0 Å². The highest BCUT2D eigenvalue weighted by atomic mass is 35.5. The molecule has 0 unspecified atom stereocenters. The fourth-order valence-electron chi connectivity index (χ4n) is 8.55. The summed E-state index contributed by atoms with van der Waals surface area (Å²) in [5.41, 5.74) is 8.87. The number of fused-ring (bicyclic) bond motifs is 8. The summed E-state index contributed by atoms with van der Waals surface area (Å²) in [6, 6.07) is 63.6. The van der Waals surface area contributed by atoms with Gasteiger partial charge in [0, 0.05) is 52.7 Å². The van der Waals surface area contributed by atoms with E-state index in [2.05, 4.69) is 152 Å². The Morgan fingerprint density at radius 3 is 1.90 bits per heavy atom. The van der Waals surface area contributed by atoms with Crippen LogP contribution in [-0.2, 0) is 0 Å². The third-order valence-electron chi connectivity index (χ3n) is 11.4. The van der Waals surface area contributed by atoms with Gasteiger partial charge in [-0.3, -0.25) is 0 Å². The van der Waals surface area contributed by atoms with Crippen molar-refractivity contribution < 1.29 is 4.42 Å². The first-order valence-electron chi connectivity index (χ1n) is 19.5. The van der Waals surface area contributed by atoms with Crippen molar-refractivity contribution in [2.45, 2.75) is 0 Å². The minimum absolute atomic E-state index is 0.611. The Hall–Kier alpha value is -7.18. The summed E-state index contributed by atoms with van der Waals surface area (Å²) >= 11 is 8.32. The smallest absolute Gasteiger partial charge is 0.164 e. The number of thiophene rings is 1. The standard InChI is InChI=1S/C53H30ClN3OS/c54-37-23-26-46-45(30-37)50-42(13-7-14-47(50)58-46)40-24-25-43(39-11-4-3-10-38(39)40)53-56-51(33-19-16-32(17-20-33)35-21-18-31-8-1-2-9-34(31)28-35)55-52(57-53)36-22-27-49-44(29-36)41-12-5-6-15-48(41)59-49/h1-30H. The lowest BCUT2D eigenvalue weighted by molar-refractivity contribution is 0.669. The number of hydrogen-bond donors (Lipinski definition) is 0.